The van der Waals surface area contributed by atoms with E-state index in [1.165, 1.54) is 103 Å². The van der Waals surface area contributed by atoms with Crippen LogP contribution in [0.15, 0.2) is 72.9 Å². The van der Waals surface area contributed by atoms with Crippen LogP contribution >= 0.6 is 0 Å². The first-order valence-corrected chi connectivity index (χ1v) is 28.4. The summed E-state index contributed by atoms with van der Waals surface area (Å²) in [4.78, 5) is 38.1. The molecule has 1 unspecified atom stereocenters. The molecule has 0 bridgehead atoms. The molecule has 0 spiro atoms. The number of hydrogen-bond donors (Lipinski definition) is 0. The number of hydrogen-bond acceptors (Lipinski definition) is 6. The van der Waals surface area contributed by atoms with Crippen molar-refractivity contribution in [2.45, 2.75) is 284 Å². The minimum absolute atomic E-state index is 0.0861. The van der Waals surface area contributed by atoms with Crippen LogP contribution < -0.4 is 0 Å². The monoisotopic (exact) mass is 935 g/mol. The molecular weight excluding hydrogens is 829 g/mol. The van der Waals surface area contributed by atoms with Gasteiger partial charge in [-0.2, -0.15) is 0 Å². The molecule has 0 N–H and O–H groups in total. The first kappa shape index (κ1) is 63.8. The Hall–Kier alpha value is -3.15. The summed E-state index contributed by atoms with van der Waals surface area (Å²) >= 11 is 0. The molecule has 0 saturated carbocycles. The van der Waals surface area contributed by atoms with Crippen molar-refractivity contribution in [1.82, 2.24) is 0 Å². The van der Waals surface area contributed by atoms with Crippen LogP contribution in [0.1, 0.15) is 278 Å². The van der Waals surface area contributed by atoms with Gasteiger partial charge in [-0.15, -0.1) is 0 Å². The van der Waals surface area contributed by atoms with Gasteiger partial charge in [0, 0.05) is 19.3 Å². The zero-order valence-electron chi connectivity index (χ0n) is 44.2. The maximum Gasteiger partial charge on any atom is 0.306 e. The maximum atomic E-state index is 12.8. The largest absolute Gasteiger partial charge is 0.462 e. The molecule has 0 aromatic carbocycles. The van der Waals surface area contributed by atoms with E-state index in [0.717, 1.165) is 135 Å². The molecule has 0 fully saturated rings. The van der Waals surface area contributed by atoms with Crippen LogP contribution in [0.25, 0.3) is 0 Å². The van der Waals surface area contributed by atoms with Gasteiger partial charge in [0.05, 0.1) is 0 Å². The topological polar surface area (TPSA) is 78.9 Å². The Labute approximate surface area is 414 Å². The van der Waals surface area contributed by atoms with Gasteiger partial charge in [0.2, 0.25) is 0 Å². The van der Waals surface area contributed by atoms with Gasteiger partial charge < -0.3 is 14.2 Å². The second kappa shape index (κ2) is 55.4. The van der Waals surface area contributed by atoms with E-state index in [-0.39, 0.29) is 31.1 Å². The number of unbranched alkanes of at least 4 members (excludes halogenated alkanes) is 28. The predicted octanol–water partition coefficient (Wildman–Crippen LogP) is 19.0. The van der Waals surface area contributed by atoms with Gasteiger partial charge in [-0.1, -0.05) is 248 Å². The average Bonchev–Trinajstić information content (AvgIpc) is 3.33. The van der Waals surface area contributed by atoms with Crippen LogP contribution in [-0.2, 0) is 28.6 Å². The molecule has 0 radical (unpaired) electrons. The second-order valence-corrected chi connectivity index (χ2v) is 18.8. The molecule has 0 aliphatic heterocycles. The van der Waals surface area contributed by atoms with Crippen molar-refractivity contribution >= 4 is 17.9 Å². The Morgan fingerprint density at radius 3 is 0.910 bits per heavy atom. The normalized spacial score (nSPS) is 12.6. The van der Waals surface area contributed by atoms with Crippen LogP contribution in [-0.4, -0.2) is 37.2 Å². The van der Waals surface area contributed by atoms with Crippen LogP contribution in [0.3, 0.4) is 0 Å². The minimum Gasteiger partial charge on any atom is -0.462 e. The standard InChI is InChI=1S/C61H106O6/c1-4-7-10-13-16-19-22-25-28-29-30-31-34-36-39-42-45-48-51-54-60(63)66-57-58(67-61(64)55-52-49-46-43-40-37-33-27-24-21-18-15-12-9-6-3)56-65-59(62)53-50-47-44-41-38-35-32-26-23-20-17-14-11-8-5-2/h8-9,11-12,17-18,20-21,26-27,32-33,58H,4-7,10,13-16,19,22-25,28-31,34-57H2,1-3H3/b11-8-,12-9-,20-17-,21-18-,32-26-,33-27-. The SMILES string of the molecule is CC/C=C\C/C=C\C/C=C\CCCCCCCC(=O)OCC(COC(=O)CCCCCCCCCCCCCCCCCCCCC)OC(=O)CCCCCCC/C=C\C/C=C\C/C=C\CC. The molecule has 6 nitrogen and oxygen atoms in total. The summed E-state index contributed by atoms with van der Waals surface area (Å²) in [5, 5.41) is 0. The van der Waals surface area contributed by atoms with Crippen molar-refractivity contribution in [1.29, 1.82) is 0 Å². The van der Waals surface area contributed by atoms with E-state index in [9.17, 15) is 14.4 Å². The van der Waals surface area contributed by atoms with E-state index in [4.69, 9.17) is 14.2 Å². The van der Waals surface area contributed by atoms with Gasteiger partial charge in [-0.25, -0.2) is 0 Å². The molecule has 0 saturated heterocycles. The Balaban J connectivity index is 4.38. The van der Waals surface area contributed by atoms with E-state index < -0.39 is 6.10 Å². The molecule has 0 aromatic heterocycles. The first-order chi connectivity index (χ1) is 33.0. The molecule has 386 valence electrons. The van der Waals surface area contributed by atoms with Gasteiger partial charge in [-0.3, -0.25) is 14.4 Å². The van der Waals surface area contributed by atoms with E-state index in [1.807, 2.05) is 0 Å². The van der Waals surface area contributed by atoms with Gasteiger partial charge in [0.15, 0.2) is 6.10 Å². The average molecular weight is 936 g/mol. The lowest BCUT2D eigenvalue weighted by Crippen LogP contribution is -2.30. The third-order valence-electron chi connectivity index (χ3n) is 12.2. The van der Waals surface area contributed by atoms with Crippen molar-refractivity contribution < 1.29 is 28.6 Å². The maximum absolute atomic E-state index is 12.8. The predicted molar refractivity (Wildman–Crippen MR) is 288 cm³/mol. The lowest BCUT2D eigenvalue weighted by atomic mass is 10.0. The van der Waals surface area contributed by atoms with Crippen molar-refractivity contribution in [3.05, 3.63) is 72.9 Å². The van der Waals surface area contributed by atoms with Crippen molar-refractivity contribution in [2.24, 2.45) is 0 Å². The molecule has 0 aliphatic carbocycles. The van der Waals surface area contributed by atoms with E-state index >= 15 is 0 Å². The highest BCUT2D eigenvalue weighted by Gasteiger charge is 2.19. The lowest BCUT2D eigenvalue weighted by molar-refractivity contribution is -0.167. The molecule has 67 heavy (non-hydrogen) atoms. The molecule has 0 heterocycles. The summed E-state index contributed by atoms with van der Waals surface area (Å²) in [6.07, 6.45) is 70.4. The zero-order chi connectivity index (χ0) is 48.6. The lowest BCUT2D eigenvalue weighted by Gasteiger charge is -2.18. The Bertz CT molecular complexity index is 1260. The Kier molecular flexibility index (Phi) is 52.8. The van der Waals surface area contributed by atoms with E-state index in [0.29, 0.717) is 19.3 Å². The smallest absolute Gasteiger partial charge is 0.306 e. The highest BCUT2D eigenvalue weighted by molar-refractivity contribution is 5.71. The van der Waals surface area contributed by atoms with Crippen LogP contribution in [0.2, 0.25) is 0 Å². The summed E-state index contributed by atoms with van der Waals surface area (Å²) in [6, 6.07) is 0. The minimum atomic E-state index is -0.790. The number of esters is 3. The quantitative estimate of drug-likeness (QED) is 0.0262. The third-order valence-corrected chi connectivity index (χ3v) is 12.2. The van der Waals surface area contributed by atoms with Crippen molar-refractivity contribution in [3.63, 3.8) is 0 Å². The second-order valence-electron chi connectivity index (χ2n) is 18.8. The first-order valence-electron chi connectivity index (χ1n) is 28.4. The van der Waals surface area contributed by atoms with Gasteiger partial charge in [-0.05, 0) is 83.5 Å². The highest BCUT2D eigenvalue weighted by atomic mass is 16.6. The number of ether oxygens (including phenoxy) is 3. The van der Waals surface area contributed by atoms with Gasteiger partial charge in [0.25, 0.3) is 0 Å². The summed E-state index contributed by atoms with van der Waals surface area (Å²) in [7, 11) is 0. The number of carbonyl (C=O) groups is 3. The summed E-state index contributed by atoms with van der Waals surface area (Å²) in [5.41, 5.74) is 0. The number of carbonyl (C=O) groups excluding carboxylic acids is 3. The van der Waals surface area contributed by atoms with E-state index in [2.05, 4.69) is 93.7 Å². The summed E-state index contributed by atoms with van der Waals surface area (Å²) < 4.78 is 16.8. The Morgan fingerprint density at radius 1 is 0.313 bits per heavy atom. The van der Waals surface area contributed by atoms with Crippen LogP contribution in [0, 0.1) is 0 Å². The molecule has 0 rings (SSSR count). The summed E-state index contributed by atoms with van der Waals surface area (Å²) in [5.74, 6) is -0.912. The number of allylic oxidation sites excluding steroid dienone is 12. The highest BCUT2D eigenvalue weighted by Crippen LogP contribution is 2.16. The van der Waals surface area contributed by atoms with Crippen molar-refractivity contribution in [2.75, 3.05) is 13.2 Å². The van der Waals surface area contributed by atoms with Crippen molar-refractivity contribution in [3.8, 4) is 0 Å². The fourth-order valence-electron chi connectivity index (χ4n) is 8.00. The molecule has 0 aromatic rings. The van der Waals surface area contributed by atoms with Crippen LogP contribution in [0.5, 0.6) is 0 Å². The summed E-state index contributed by atoms with van der Waals surface area (Å²) in [6.45, 7) is 6.41. The molecule has 1 atom stereocenters. The zero-order valence-corrected chi connectivity index (χ0v) is 44.2. The fourth-order valence-corrected chi connectivity index (χ4v) is 8.00. The molecule has 0 aliphatic rings. The third kappa shape index (κ3) is 53.7. The van der Waals surface area contributed by atoms with Gasteiger partial charge in [0.1, 0.15) is 13.2 Å². The molecule has 6 heteroatoms. The van der Waals surface area contributed by atoms with E-state index in [1.54, 1.807) is 0 Å². The molecular formula is C61H106O6. The fraction of sp³-hybridized carbons (Fsp3) is 0.754. The molecule has 0 amide bonds. The van der Waals surface area contributed by atoms with Crippen LogP contribution in [0.4, 0.5) is 0 Å². The number of rotatable bonds is 51. The Morgan fingerprint density at radius 2 is 0.582 bits per heavy atom. The van der Waals surface area contributed by atoms with Gasteiger partial charge >= 0.3 is 17.9 Å².